The van der Waals surface area contributed by atoms with Crippen molar-refractivity contribution in [1.82, 2.24) is 0 Å². The molecule has 156 valence electrons. The lowest BCUT2D eigenvalue weighted by Crippen LogP contribution is -2.21. The molecule has 0 amide bonds. The van der Waals surface area contributed by atoms with Gasteiger partial charge in [0, 0.05) is 12.1 Å². The zero-order chi connectivity index (χ0) is 21.5. The second kappa shape index (κ2) is 9.49. The summed E-state index contributed by atoms with van der Waals surface area (Å²) in [6.07, 6.45) is 4.25. The first-order valence-corrected chi connectivity index (χ1v) is 8.77. The van der Waals surface area contributed by atoms with Gasteiger partial charge in [-0.15, -0.1) is 6.42 Å². The number of fused-ring (bicyclic) bond motifs is 1. The van der Waals surface area contributed by atoms with E-state index in [4.69, 9.17) is 34.8 Å². The second-order valence-corrected chi connectivity index (χ2v) is 5.79. The second-order valence-electron chi connectivity index (χ2n) is 5.79. The summed E-state index contributed by atoms with van der Waals surface area (Å²) >= 11 is 0. The summed E-state index contributed by atoms with van der Waals surface area (Å²) in [5.41, 5.74) is 0.406. The molecule has 0 saturated heterocycles. The molecule has 2 aromatic rings. The molecule has 0 radical (unpaired) electrons. The first kappa shape index (κ1) is 20.8. The average Bonchev–Trinajstić information content (AvgIpc) is 3.14. The molecule has 3 rings (SSSR count). The first-order valence-electron chi connectivity index (χ1n) is 8.77. The Morgan fingerprint density at radius 1 is 1.27 bits per heavy atom. The van der Waals surface area contributed by atoms with Crippen LogP contribution in [-0.4, -0.2) is 30.8 Å². The third kappa shape index (κ3) is 5.09. The molecule has 30 heavy (non-hydrogen) atoms. The number of ether oxygens (including phenoxy) is 6. The number of rotatable bonds is 8. The van der Waals surface area contributed by atoms with E-state index in [9.17, 15) is 14.9 Å². The van der Waals surface area contributed by atoms with Gasteiger partial charge in [-0.1, -0.05) is 5.92 Å². The maximum absolute atomic E-state index is 11.9. The fourth-order valence-corrected chi connectivity index (χ4v) is 2.48. The van der Waals surface area contributed by atoms with Crippen LogP contribution in [0.1, 0.15) is 12.5 Å². The van der Waals surface area contributed by atoms with Crippen LogP contribution in [0, 0.1) is 22.5 Å². The number of benzene rings is 2. The van der Waals surface area contributed by atoms with E-state index in [0.717, 1.165) is 0 Å². The van der Waals surface area contributed by atoms with E-state index >= 15 is 0 Å². The van der Waals surface area contributed by atoms with Gasteiger partial charge in [0.25, 0.3) is 5.69 Å². The van der Waals surface area contributed by atoms with Gasteiger partial charge >= 0.3 is 12.6 Å². The Hall–Kier alpha value is -3.97. The predicted molar refractivity (Wildman–Crippen MR) is 101 cm³/mol. The van der Waals surface area contributed by atoms with E-state index < -0.39 is 17.6 Å². The highest BCUT2D eigenvalue weighted by Crippen LogP contribution is 2.44. The molecule has 0 aromatic heterocycles. The Bertz CT molecular complexity index is 965. The third-order valence-corrected chi connectivity index (χ3v) is 3.74. The number of non-ortho nitro benzene ring substituents is 1. The molecule has 1 heterocycles. The summed E-state index contributed by atoms with van der Waals surface area (Å²) in [7, 11) is 0. The molecule has 0 bridgehead atoms. The molecule has 10 heteroatoms. The van der Waals surface area contributed by atoms with E-state index in [2.05, 4.69) is 5.92 Å². The van der Waals surface area contributed by atoms with E-state index in [1.165, 1.54) is 24.3 Å². The van der Waals surface area contributed by atoms with Crippen LogP contribution in [0.2, 0.25) is 0 Å². The smallest absolute Gasteiger partial charge is 0.477 e. The van der Waals surface area contributed by atoms with Crippen molar-refractivity contribution in [3.05, 3.63) is 52.1 Å². The van der Waals surface area contributed by atoms with Crippen LogP contribution in [0.25, 0.3) is 0 Å². The van der Waals surface area contributed by atoms with Gasteiger partial charge in [-0.2, -0.15) is 0 Å². The number of terminal acetylenes is 1. The number of nitro benzene ring substituents is 1. The summed E-state index contributed by atoms with van der Waals surface area (Å²) in [5.74, 6) is 3.46. The van der Waals surface area contributed by atoms with Gasteiger partial charge in [0.15, 0.2) is 11.5 Å². The van der Waals surface area contributed by atoms with Gasteiger partial charge in [-0.05, 0) is 36.8 Å². The summed E-state index contributed by atoms with van der Waals surface area (Å²) in [4.78, 5) is 22.0. The number of nitro groups is 1. The maximum Gasteiger partial charge on any atom is 0.514 e. The Labute approximate surface area is 171 Å². The SMILES string of the molecule is C#CCOc1cc(COC(=O)Oc2ccc([N+](=O)[O-])cc2)cc2c1OC(OCC)O2. The molecule has 0 saturated carbocycles. The van der Waals surface area contributed by atoms with Gasteiger partial charge in [-0.3, -0.25) is 10.1 Å². The molecule has 0 N–H and O–H groups in total. The van der Waals surface area contributed by atoms with E-state index in [-0.39, 0.29) is 24.7 Å². The van der Waals surface area contributed by atoms with Crippen molar-refractivity contribution in [2.24, 2.45) is 0 Å². The van der Waals surface area contributed by atoms with Crippen LogP contribution in [-0.2, 0) is 16.1 Å². The van der Waals surface area contributed by atoms with Crippen molar-refractivity contribution in [3.8, 4) is 35.3 Å². The monoisotopic (exact) mass is 415 g/mol. The summed E-state index contributed by atoms with van der Waals surface area (Å²) < 4.78 is 31.9. The molecule has 0 fully saturated rings. The Balaban J connectivity index is 1.64. The van der Waals surface area contributed by atoms with Crippen LogP contribution in [0.4, 0.5) is 10.5 Å². The van der Waals surface area contributed by atoms with E-state index in [0.29, 0.717) is 29.4 Å². The normalized spacial score (nSPS) is 13.9. The Kier molecular flexibility index (Phi) is 6.56. The van der Waals surface area contributed by atoms with Crippen molar-refractivity contribution in [2.45, 2.75) is 20.0 Å². The van der Waals surface area contributed by atoms with E-state index in [1.54, 1.807) is 19.1 Å². The Morgan fingerprint density at radius 2 is 2.03 bits per heavy atom. The lowest BCUT2D eigenvalue weighted by molar-refractivity contribution is -0.384. The quantitative estimate of drug-likeness (QED) is 0.210. The van der Waals surface area contributed by atoms with Gasteiger partial charge in [0.2, 0.25) is 5.75 Å². The average molecular weight is 415 g/mol. The zero-order valence-electron chi connectivity index (χ0n) is 15.9. The van der Waals surface area contributed by atoms with Crippen LogP contribution < -0.4 is 18.9 Å². The predicted octanol–water partition coefficient (Wildman–Crippen LogP) is 3.41. The lowest BCUT2D eigenvalue weighted by atomic mass is 10.2. The highest BCUT2D eigenvalue weighted by molar-refractivity contribution is 5.64. The molecule has 1 atom stereocenters. The van der Waals surface area contributed by atoms with Crippen LogP contribution in [0.15, 0.2) is 36.4 Å². The Morgan fingerprint density at radius 3 is 2.70 bits per heavy atom. The number of nitrogens with zero attached hydrogens (tertiary/aromatic N) is 1. The number of hydrogen-bond donors (Lipinski definition) is 0. The van der Waals surface area contributed by atoms with Gasteiger partial charge in [0.05, 0.1) is 11.5 Å². The molecule has 1 aliphatic heterocycles. The third-order valence-electron chi connectivity index (χ3n) is 3.74. The van der Waals surface area contributed by atoms with E-state index in [1.807, 2.05) is 0 Å². The van der Waals surface area contributed by atoms with Crippen LogP contribution >= 0.6 is 0 Å². The molecule has 1 unspecified atom stereocenters. The fourth-order valence-electron chi connectivity index (χ4n) is 2.48. The van der Waals surface area contributed by atoms with Gasteiger partial charge < -0.3 is 28.4 Å². The molecule has 0 aliphatic carbocycles. The molecule has 2 aromatic carbocycles. The number of hydrogen-bond acceptors (Lipinski definition) is 9. The summed E-state index contributed by atoms with van der Waals surface area (Å²) in [6.45, 7) is 1.10. The van der Waals surface area contributed by atoms with Crippen molar-refractivity contribution in [3.63, 3.8) is 0 Å². The molecular weight excluding hydrogens is 398 g/mol. The standard InChI is InChI=1S/C20H17NO9/c1-3-9-26-16-10-13(11-17-18(16)30-20(29-17)25-4-2)12-27-19(22)28-15-7-5-14(6-8-15)21(23)24/h1,5-8,10-11,20H,4,9,12H2,2H3. The highest BCUT2D eigenvalue weighted by Gasteiger charge is 2.29. The van der Waals surface area contributed by atoms with Gasteiger partial charge in [-0.25, -0.2) is 4.79 Å². The van der Waals surface area contributed by atoms with Crippen molar-refractivity contribution >= 4 is 11.8 Å². The zero-order valence-corrected chi connectivity index (χ0v) is 15.9. The van der Waals surface area contributed by atoms with Crippen molar-refractivity contribution in [1.29, 1.82) is 0 Å². The summed E-state index contributed by atoms with van der Waals surface area (Å²) in [6, 6.07) is 8.21. The minimum absolute atomic E-state index is 0.00158. The topological polar surface area (TPSA) is 116 Å². The van der Waals surface area contributed by atoms with Gasteiger partial charge in [0.1, 0.15) is 19.0 Å². The van der Waals surface area contributed by atoms with Crippen molar-refractivity contribution < 1.29 is 38.1 Å². The van der Waals surface area contributed by atoms with Crippen molar-refractivity contribution in [2.75, 3.05) is 13.2 Å². The summed E-state index contributed by atoms with van der Waals surface area (Å²) in [5, 5.41) is 10.6. The molecule has 1 aliphatic rings. The highest BCUT2D eigenvalue weighted by atomic mass is 16.9. The first-order chi connectivity index (χ1) is 14.5. The minimum atomic E-state index is -0.986. The minimum Gasteiger partial charge on any atom is -0.477 e. The molecular formula is C20H17NO9. The fraction of sp³-hybridized carbons (Fsp3) is 0.250. The largest absolute Gasteiger partial charge is 0.514 e. The molecule has 0 spiro atoms. The van der Waals surface area contributed by atoms with Crippen LogP contribution in [0.5, 0.6) is 23.0 Å². The number of carbonyl (C=O) groups excluding carboxylic acids is 1. The molecule has 10 nitrogen and oxygen atoms in total. The maximum atomic E-state index is 11.9. The van der Waals surface area contributed by atoms with Crippen LogP contribution in [0.3, 0.4) is 0 Å². The lowest BCUT2D eigenvalue weighted by Gasteiger charge is -2.10. The number of carbonyl (C=O) groups is 1.